The Hall–Kier alpha value is -1.56. The third-order valence-electron chi connectivity index (χ3n) is 3.40. The molecule has 0 aliphatic carbocycles. The Balaban J connectivity index is 2.17. The van der Waals surface area contributed by atoms with Gasteiger partial charge in [0.2, 0.25) is 0 Å². The van der Waals surface area contributed by atoms with Crippen LogP contribution < -0.4 is 5.32 Å². The van der Waals surface area contributed by atoms with Crippen LogP contribution in [0.4, 0.5) is 4.79 Å². The molecule has 1 aromatic rings. The van der Waals surface area contributed by atoms with E-state index in [2.05, 4.69) is 11.4 Å². The minimum atomic E-state index is -0.763. The van der Waals surface area contributed by atoms with E-state index in [0.29, 0.717) is 13.0 Å². The number of rotatable bonds is 9. The molecule has 1 atom stereocenters. The van der Waals surface area contributed by atoms with E-state index in [-0.39, 0.29) is 18.5 Å². The second-order valence-corrected chi connectivity index (χ2v) is 6.21. The standard InChI is InChI=1S/C15H24N2O3S/c1-12(11-13-7-6-10-21-13)17(2)15(20)16-9-5-3-4-8-14(18)19/h6-7,10,12H,3-5,8-9,11H2,1-2H3,(H,16,20)(H,18,19). The molecule has 0 aliphatic rings. The van der Waals surface area contributed by atoms with Crippen LogP contribution in [0.3, 0.4) is 0 Å². The number of aliphatic carboxylic acids is 1. The molecule has 0 aliphatic heterocycles. The number of nitrogens with one attached hydrogen (secondary N) is 1. The fourth-order valence-corrected chi connectivity index (χ4v) is 2.78. The molecule has 0 saturated carbocycles. The average Bonchev–Trinajstić information content (AvgIpc) is 2.94. The monoisotopic (exact) mass is 312 g/mol. The van der Waals surface area contributed by atoms with Crippen molar-refractivity contribution in [2.75, 3.05) is 13.6 Å². The number of carbonyl (C=O) groups excluding carboxylic acids is 1. The third-order valence-corrected chi connectivity index (χ3v) is 4.30. The SMILES string of the molecule is CC(Cc1cccs1)N(C)C(=O)NCCCCCC(=O)O. The molecule has 118 valence electrons. The van der Waals surface area contributed by atoms with Crippen molar-refractivity contribution in [3.63, 3.8) is 0 Å². The Kier molecular flexibility index (Phi) is 7.82. The molecule has 0 spiro atoms. The van der Waals surface area contributed by atoms with Crippen LogP contribution in [0.25, 0.3) is 0 Å². The van der Waals surface area contributed by atoms with Gasteiger partial charge < -0.3 is 15.3 Å². The molecule has 1 aromatic heterocycles. The average molecular weight is 312 g/mol. The molecule has 1 heterocycles. The summed E-state index contributed by atoms with van der Waals surface area (Å²) in [5.74, 6) is -0.763. The quantitative estimate of drug-likeness (QED) is 0.689. The number of likely N-dealkylation sites (N-methyl/N-ethyl adjacent to an activating group) is 1. The van der Waals surface area contributed by atoms with Crippen molar-refractivity contribution in [1.29, 1.82) is 0 Å². The van der Waals surface area contributed by atoms with Crippen LogP contribution in [0.5, 0.6) is 0 Å². The molecule has 1 unspecified atom stereocenters. The molecule has 6 heteroatoms. The van der Waals surface area contributed by atoms with E-state index in [0.717, 1.165) is 19.3 Å². The van der Waals surface area contributed by atoms with Gasteiger partial charge in [-0.1, -0.05) is 12.5 Å². The van der Waals surface area contributed by atoms with E-state index in [9.17, 15) is 9.59 Å². The first-order chi connectivity index (χ1) is 10.0. The molecule has 2 N–H and O–H groups in total. The molecular formula is C15H24N2O3S. The number of amides is 2. The van der Waals surface area contributed by atoms with Crippen molar-refractivity contribution in [1.82, 2.24) is 10.2 Å². The summed E-state index contributed by atoms with van der Waals surface area (Å²) in [5, 5.41) is 13.4. The van der Waals surface area contributed by atoms with Gasteiger partial charge in [-0.05, 0) is 31.2 Å². The summed E-state index contributed by atoms with van der Waals surface area (Å²) >= 11 is 1.70. The summed E-state index contributed by atoms with van der Waals surface area (Å²) in [6.07, 6.45) is 3.36. The van der Waals surface area contributed by atoms with Crippen molar-refractivity contribution in [3.8, 4) is 0 Å². The number of thiophene rings is 1. The molecule has 0 saturated heterocycles. The normalized spacial score (nSPS) is 11.9. The van der Waals surface area contributed by atoms with Crippen LogP contribution in [0.15, 0.2) is 17.5 Å². The number of urea groups is 1. The molecule has 0 bridgehead atoms. The first-order valence-corrected chi connectivity index (χ1v) is 8.13. The molecule has 0 radical (unpaired) electrons. The summed E-state index contributed by atoms with van der Waals surface area (Å²) in [6.45, 7) is 2.63. The van der Waals surface area contributed by atoms with E-state index >= 15 is 0 Å². The van der Waals surface area contributed by atoms with Gasteiger partial charge in [-0.15, -0.1) is 11.3 Å². The Bertz CT molecular complexity index is 434. The van der Waals surface area contributed by atoms with Crippen molar-refractivity contribution >= 4 is 23.3 Å². The van der Waals surface area contributed by atoms with Crippen LogP contribution in [0, 0.1) is 0 Å². The highest BCUT2D eigenvalue weighted by atomic mass is 32.1. The second-order valence-electron chi connectivity index (χ2n) is 5.18. The van der Waals surface area contributed by atoms with Gasteiger partial charge in [0.05, 0.1) is 0 Å². The van der Waals surface area contributed by atoms with Crippen molar-refractivity contribution in [3.05, 3.63) is 22.4 Å². The van der Waals surface area contributed by atoms with Crippen LogP contribution >= 0.6 is 11.3 Å². The number of nitrogens with zero attached hydrogens (tertiary/aromatic N) is 1. The molecule has 2 amide bonds. The van der Waals surface area contributed by atoms with Crippen LogP contribution in [0.1, 0.15) is 37.5 Å². The number of carbonyl (C=O) groups is 2. The fraction of sp³-hybridized carbons (Fsp3) is 0.600. The largest absolute Gasteiger partial charge is 0.481 e. The Morgan fingerprint density at radius 2 is 2.14 bits per heavy atom. The summed E-state index contributed by atoms with van der Waals surface area (Å²) in [4.78, 5) is 25.3. The highest BCUT2D eigenvalue weighted by Gasteiger charge is 2.15. The zero-order valence-electron chi connectivity index (χ0n) is 12.7. The number of unbranched alkanes of at least 4 members (excludes halogenated alkanes) is 2. The summed E-state index contributed by atoms with van der Waals surface area (Å²) in [6, 6.07) is 4.17. The summed E-state index contributed by atoms with van der Waals surface area (Å²) in [7, 11) is 1.80. The summed E-state index contributed by atoms with van der Waals surface area (Å²) in [5.41, 5.74) is 0. The number of hydrogen-bond donors (Lipinski definition) is 2. The lowest BCUT2D eigenvalue weighted by molar-refractivity contribution is -0.137. The minimum absolute atomic E-state index is 0.0720. The first kappa shape index (κ1) is 17.5. The van der Waals surface area contributed by atoms with Crippen LogP contribution in [0.2, 0.25) is 0 Å². The second kappa shape index (κ2) is 9.39. The zero-order chi connectivity index (χ0) is 15.7. The van der Waals surface area contributed by atoms with Crippen LogP contribution in [-0.4, -0.2) is 41.6 Å². The van der Waals surface area contributed by atoms with E-state index in [1.54, 1.807) is 23.3 Å². The van der Waals surface area contributed by atoms with Gasteiger partial charge in [0, 0.05) is 37.4 Å². The Morgan fingerprint density at radius 1 is 1.38 bits per heavy atom. The van der Waals surface area contributed by atoms with E-state index in [1.165, 1.54) is 4.88 Å². The van der Waals surface area contributed by atoms with Gasteiger partial charge in [-0.2, -0.15) is 0 Å². The highest BCUT2D eigenvalue weighted by molar-refractivity contribution is 7.09. The van der Waals surface area contributed by atoms with Gasteiger partial charge in [-0.3, -0.25) is 4.79 Å². The lowest BCUT2D eigenvalue weighted by Gasteiger charge is -2.25. The van der Waals surface area contributed by atoms with Crippen LogP contribution in [-0.2, 0) is 11.2 Å². The van der Waals surface area contributed by atoms with E-state index in [4.69, 9.17) is 5.11 Å². The van der Waals surface area contributed by atoms with Gasteiger partial charge in [0.25, 0.3) is 0 Å². The predicted molar refractivity (Wildman–Crippen MR) is 84.8 cm³/mol. The maximum atomic E-state index is 12.0. The molecular weight excluding hydrogens is 288 g/mol. The molecule has 0 fully saturated rings. The fourth-order valence-electron chi connectivity index (χ4n) is 1.96. The topological polar surface area (TPSA) is 69.6 Å². The lowest BCUT2D eigenvalue weighted by atomic mass is 10.2. The van der Waals surface area contributed by atoms with E-state index < -0.39 is 5.97 Å². The van der Waals surface area contributed by atoms with Crippen molar-refractivity contribution < 1.29 is 14.7 Å². The van der Waals surface area contributed by atoms with Crippen molar-refractivity contribution in [2.24, 2.45) is 0 Å². The maximum Gasteiger partial charge on any atom is 0.317 e. The molecule has 0 aromatic carbocycles. The Morgan fingerprint density at radius 3 is 2.76 bits per heavy atom. The third kappa shape index (κ3) is 7.13. The summed E-state index contributed by atoms with van der Waals surface area (Å²) < 4.78 is 0. The predicted octanol–water partition coefficient (Wildman–Crippen LogP) is 2.97. The molecule has 5 nitrogen and oxygen atoms in total. The van der Waals surface area contributed by atoms with Gasteiger partial charge >= 0.3 is 12.0 Å². The smallest absolute Gasteiger partial charge is 0.317 e. The van der Waals surface area contributed by atoms with Gasteiger partial charge in [0.15, 0.2) is 0 Å². The van der Waals surface area contributed by atoms with Gasteiger partial charge in [0.1, 0.15) is 0 Å². The molecule has 21 heavy (non-hydrogen) atoms. The number of hydrogen-bond acceptors (Lipinski definition) is 3. The molecule has 1 rings (SSSR count). The minimum Gasteiger partial charge on any atom is -0.481 e. The Labute approximate surface area is 130 Å². The number of carboxylic acid groups (broad SMARTS) is 1. The lowest BCUT2D eigenvalue weighted by Crippen LogP contribution is -2.43. The van der Waals surface area contributed by atoms with Crippen molar-refractivity contribution in [2.45, 2.75) is 45.1 Å². The van der Waals surface area contributed by atoms with E-state index in [1.807, 2.05) is 18.4 Å². The number of carboxylic acids is 1. The maximum absolute atomic E-state index is 12.0. The zero-order valence-corrected chi connectivity index (χ0v) is 13.5. The highest BCUT2D eigenvalue weighted by Crippen LogP contribution is 2.13. The van der Waals surface area contributed by atoms with Gasteiger partial charge in [-0.25, -0.2) is 4.79 Å². The first-order valence-electron chi connectivity index (χ1n) is 7.25.